The molecule has 20 heavy (non-hydrogen) atoms. The number of benzene rings is 1. The van der Waals surface area contributed by atoms with Gasteiger partial charge in [-0.15, -0.1) is 0 Å². The first-order valence-corrected chi connectivity index (χ1v) is 7.15. The van der Waals surface area contributed by atoms with Crippen LogP contribution in [-0.4, -0.2) is 43.7 Å². The highest BCUT2D eigenvalue weighted by Crippen LogP contribution is 2.20. The van der Waals surface area contributed by atoms with Gasteiger partial charge in [0.05, 0.1) is 7.11 Å². The zero-order valence-electron chi connectivity index (χ0n) is 12.6. The Balaban J connectivity index is 1.94. The minimum Gasteiger partial charge on any atom is -0.468 e. The molecule has 0 saturated heterocycles. The largest absolute Gasteiger partial charge is 0.468 e. The van der Waals surface area contributed by atoms with E-state index in [1.807, 2.05) is 14.0 Å². The molecule has 2 rings (SSSR count). The van der Waals surface area contributed by atoms with Crippen molar-refractivity contribution in [1.82, 2.24) is 10.2 Å². The van der Waals surface area contributed by atoms with E-state index in [1.165, 1.54) is 18.2 Å². The van der Waals surface area contributed by atoms with E-state index in [0.29, 0.717) is 0 Å². The standard InChI is InChI=1S/C16H24N2O2/c1-16(17-2,15(19)20-3)9-11-18-10-8-13-6-4-5-7-14(13)12-18/h4-7,17H,8-12H2,1-3H3. The van der Waals surface area contributed by atoms with Crippen molar-refractivity contribution in [2.24, 2.45) is 0 Å². The van der Waals surface area contributed by atoms with Crippen LogP contribution in [0, 0.1) is 0 Å². The maximum absolute atomic E-state index is 11.8. The summed E-state index contributed by atoms with van der Waals surface area (Å²) in [6.45, 7) is 4.81. The van der Waals surface area contributed by atoms with Crippen LogP contribution < -0.4 is 5.32 Å². The summed E-state index contributed by atoms with van der Waals surface area (Å²) in [5, 5.41) is 3.09. The van der Waals surface area contributed by atoms with Crippen LogP contribution in [0.2, 0.25) is 0 Å². The molecule has 4 nitrogen and oxygen atoms in total. The molecule has 0 radical (unpaired) electrons. The number of carbonyl (C=O) groups excluding carboxylic acids is 1. The van der Waals surface area contributed by atoms with Crippen LogP contribution in [0.4, 0.5) is 0 Å². The molecule has 110 valence electrons. The lowest BCUT2D eigenvalue weighted by atomic mass is 9.95. The lowest BCUT2D eigenvalue weighted by molar-refractivity contribution is -0.148. The van der Waals surface area contributed by atoms with Gasteiger partial charge in [-0.1, -0.05) is 24.3 Å². The molecule has 0 bridgehead atoms. The molecule has 0 spiro atoms. The van der Waals surface area contributed by atoms with Gasteiger partial charge in [-0.25, -0.2) is 0 Å². The summed E-state index contributed by atoms with van der Waals surface area (Å²) in [4.78, 5) is 14.2. The van der Waals surface area contributed by atoms with Gasteiger partial charge in [-0.3, -0.25) is 9.69 Å². The number of esters is 1. The predicted octanol–water partition coefficient (Wildman–Crippen LogP) is 1.59. The van der Waals surface area contributed by atoms with Crippen LogP contribution >= 0.6 is 0 Å². The maximum Gasteiger partial charge on any atom is 0.325 e. The summed E-state index contributed by atoms with van der Waals surface area (Å²) in [6, 6.07) is 8.59. The fourth-order valence-corrected chi connectivity index (χ4v) is 2.68. The topological polar surface area (TPSA) is 41.6 Å². The van der Waals surface area contributed by atoms with E-state index in [1.54, 1.807) is 0 Å². The number of methoxy groups -OCH3 is 1. The Morgan fingerprint density at radius 2 is 2.10 bits per heavy atom. The third kappa shape index (κ3) is 3.19. The highest BCUT2D eigenvalue weighted by atomic mass is 16.5. The molecule has 1 N–H and O–H groups in total. The lowest BCUT2D eigenvalue weighted by Gasteiger charge is -2.32. The summed E-state index contributed by atoms with van der Waals surface area (Å²) in [6.07, 6.45) is 1.84. The number of ether oxygens (including phenoxy) is 1. The van der Waals surface area contributed by atoms with Crippen LogP contribution in [0.1, 0.15) is 24.5 Å². The van der Waals surface area contributed by atoms with Crippen molar-refractivity contribution >= 4 is 5.97 Å². The Labute approximate surface area is 121 Å². The highest BCUT2D eigenvalue weighted by molar-refractivity contribution is 5.80. The molecule has 0 aliphatic carbocycles. The Hall–Kier alpha value is -1.39. The van der Waals surface area contributed by atoms with Crippen molar-refractivity contribution in [1.29, 1.82) is 0 Å². The van der Waals surface area contributed by atoms with Gasteiger partial charge in [0.1, 0.15) is 5.54 Å². The second-order valence-corrected chi connectivity index (χ2v) is 5.62. The fraction of sp³-hybridized carbons (Fsp3) is 0.562. The minimum absolute atomic E-state index is 0.197. The quantitative estimate of drug-likeness (QED) is 0.829. The Morgan fingerprint density at radius 1 is 1.40 bits per heavy atom. The van der Waals surface area contributed by atoms with E-state index in [4.69, 9.17) is 4.74 Å². The molecule has 0 fully saturated rings. The van der Waals surface area contributed by atoms with Gasteiger partial charge in [0.2, 0.25) is 0 Å². The summed E-state index contributed by atoms with van der Waals surface area (Å²) in [7, 11) is 3.25. The van der Waals surface area contributed by atoms with Gasteiger partial charge in [0.15, 0.2) is 0 Å². The molecule has 1 heterocycles. The van der Waals surface area contributed by atoms with Crippen LogP contribution in [0.25, 0.3) is 0 Å². The van der Waals surface area contributed by atoms with Crippen molar-refractivity contribution in [3.05, 3.63) is 35.4 Å². The van der Waals surface area contributed by atoms with Crippen molar-refractivity contribution in [2.45, 2.75) is 31.8 Å². The van der Waals surface area contributed by atoms with E-state index in [-0.39, 0.29) is 5.97 Å². The number of likely N-dealkylation sites (N-methyl/N-ethyl adjacent to an activating group) is 1. The molecular formula is C16H24N2O2. The van der Waals surface area contributed by atoms with E-state index < -0.39 is 5.54 Å². The predicted molar refractivity (Wildman–Crippen MR) is 79.5 cm³/mol. The summed E-state index contributed by atoms with van der Waals surface area (Å²) >= 11 is 0. The maximum atomic E-state index is 11.8. The molecule has 1 aliphatic heterocycles. The number of nitrogens with one attached hydrogen (secondary N) is 1. The molecule has 0 aromatic heterocycles. The van der Waals surface area contributed by atoms with Crippen molar-refractivity contribution in [3.8, 4) is 0 Å². The zero-order valence-corrected chi connectivity index (χ0v) is 12.6. The lowest BCUT2D eigenvalue weighted by Crippen LogP contribution is -2.50. The van der Waals surface area contributed by atoms with Crippen LogP contribution in [0.15, 0.2) is 24.3 Å². The first kappa shape index (κ1) is 15.0. The first-order chi connectivity index (χ1) is 9.59. The molecule has 1 unspecified atom stereocenters. The van der Waals surface area contributed by atoms with Crippen LogP contribution in [0.3, 0.4) is 0 Å². The molecular weight excluding hydrogens is 252 g/mol. The fourth-order valence-electron chi connectivity index (χ4n) is 2.68. The number of fused-ring (bicyclic) bond motifs is 1. The average molecular weight is 276 g/mol. The second-order valence-electron chi connectivity index (χ2n) is 5.62. The van der Waals surface area contributed by atoms with E-state index in [9.17, 15) is 4.79 Å². The van der Waals surface area contributed by atoms with E-state index in [0.717, 1.165) is 32.5 Å². The van der Waals surface area contributed by atoms with Crippen molar-refractivity contribution < 1.29 is 9.53 Å². The monoisotopic (exact) mass is 276 g/mol. The average Bonchev–Trinajstić information content (AvgIpc) is 2.51. The summed E-state index contributed by atoms with van der Waals surface area (Å²) < 4.78 is 4.88. The van der Waals surface area contributed by atoms with Crippen LogP contribution in [-0.2, 0) is 22.5 Å². The third-order valence-corrected chi connectivity index (χ3v) is 4.33. The van der Waals surface area contributed by atoms with Gasteiger partial charge in [0, 0.05) is 19.6 Å². The van der Waals surface area contributed by atoms with Gasteiger partial charge >= 0.3 is 5.97 Å². The number of nitrogens with zero attached hydrogens (tertiary/aromatic N) is 1. The van der Waals surface area contributed by atoms with Gasteiger partial charge in [-0.05, 0) is 37.9 Å². The Kier molecular flexibility index (Phi) is 4.78. The molecule has 0 saturated carbocycles. The number of carbonyl (C=O) groups is 1. The Bertz CT molecular complexity index is 475. The second kappa shape index (κ2) is 6.37. The third-order valence-electron chi connectivity index (χ3n) is 4.33. The zero-order chi connectivity index (χ0) is 14.6. The normalized spacial score (nSPS) is 18.1. The first-order valence-electron chi connectivity index (χ1n) is 7.15. The molecule has 1 atom stereocenters. The smallest absolute Gasteiger partial charge is 0.325 e. The molecule has 4 heteroatoms. The van der Waals surface area contributed by atoms with Gasteiger partial charge in [-0.2, -0.15) is 0 Å². The Morgan fingerprint density at radius 3 is 2.75 bits per heavy atom. The van der Waals surface area contributed by atoms with Gasteiger partial charge in [0.25, 0.3) is 0 Å². The molecule has 1 aromatic carbocycles. The van der Waals surface area contributed by atoms with Crippen molar-refractivity contribution in [2.75, 3.05) is 27.2 Å². The minimum atomic E-state index is -0.605. The van der Waals surface area contributed by atoms with Crippen LogP contribution in [0.5, 0.6) is 0 Å². The SMILES string of the molecule is CNC(C)(CCN1CCc2ccccc2C1)C(=O)OC. The highest BCUT2D eigenvalue weighted by Gasteiger charge is 2.33. The molecule has 1 aliphatic rings. The molecule has 1 aromatic rings. The van der Waals surface area contributed by atoms with Gasteiger partial charge < -0.3 is 10.1 Å². The summed E-state index contributed by atoms with van der Waals surface area (Å²) in [5.74, 6) is -0.197. The number of rotatable bonds is 5. The van der Waals surface area contributed by atoms with E-state index >= 15 is 0 Å². The van der Waals surface area contributed by atoms with E-state index in [2.05, 4.69) is 34.5 Å². The molecule has 0 amide bonds. The van der Waals surface area contributed by atoms with Crippen molar-refractivity contribution in [3.63, 3.8) is 0 Å². The number of hydrogen-bond acceptors (Lipinski definition) is 4. The summed E-state index contributed by atoms with van der Waals surface area (Å²) in [5.41, 5.74) is 2.25. The number of hydrogen-bond donors (Lipinski definition) is 1.